The third-order valence-electron chi connectivity index (χ3n) is 4.53. The molecule has 6 nitrogen and oxygen atoms in total. The third kappa shape index (κ3) is 7.78. The van der Waals surface area contributed by atoms with E-state index in [-0.39, 0.29) is 17.7 Å². The molecule has 0 aliphatic heterocycles. The Balaban J connectivity index is 2.02. The van der Waals surface area contributed by atoms with Crippen molar-refractivity contribution in [2.24, 2.45) is 5.92 Å². The fourth-order valence-electron chi connectivity index (χ4n) is 3.05. The van der Waals surface area contributed by atoms with Crippen molar-refractivity contribution in [1.82, 2.24) is 10.6 Å². The van der Waals surface area contributed by atoms with Crippen molar-refractivity contribution >= 4 is 23.9 Å². The fourth-order valence-corrected chi connectivity index (χ4v) is 3.05. The summed E-state index contributed by atoms with van der Waals surface area (Å²) in [5.41, 5.74) is 1.76. The summed E-state index contributed by atoms with van der Waals surface area (Å²) in [7, 11) is 0. The van der Waals surface area contributed by atoms with Gasteiger partial charge in [-0.05, 0) is 42.9 Å². The summed E-state index contributed by atoms with van der Waals surface area (Å²) in [6, 6.07) is 17.5. The molecule has 6 heteroatoms. The topological polar surface area (TPSA) is 87.3 Å². The molecule has 2 aromatic rings. The van der Waals surface area contributed by atoms with E-state index < -0.39 is 12.1 Å². The van der Waals surface area contributed by atoms with E-state index in [4.69, 9.17) is 0 Å². The van der Waals surface area contributed by atoms with Gasteiger partial charge in [0.05, 0.1) is 0 Å². The molecule has 0 aromatic heterocycles. The molecule has 0 fully saturated rings. The normalized spacial score (nSPS) is 12.7. The van der Waals surface area contributed by atoms with E-state index in [9.17, 15) is 14.4 Å². The Kier molecular flexibility index (Phi) is 8.89. The van der Waals surface area contributed by atoms with Gasteiger partial charge in [0.2, 0.25) is 18.2 Å². The molecule has 0 bridgehead atoms. The SMILES string of the molecule is CC(C)CC(NC(=O)[C@H](CCc1ccccc1)NC=O)C(=O)Nc1ccccc1. The predicted molar refractivity (Wildman–Crippen MR) is 114 cm³/mol. The average Bonchev–Trinajstić information content (AvgIpc) is 2.71. The van der Waals surface area contributed by atoms with Crippen LogP contribution in [0, 0.1) is 5.92 Å². The van der Waals surface area contributed by atoms with Crippen molar-refractivity contribution in [3.05, 3.63) is 66.2 Å². The van der Waals surface area contributed by atoms with Gasteiger partial charge in [0.1, 0.15) is 12.1 Å². The molecule has 154 valence electrons. The van der Waals surface area contributed by atoms with Crippen molar-refractivity contribution in [3.63, 3.8) is 0 Å². The maximum Gasteiger partial charge on any atom is 0.246 e. The van der Waals surface area contributed by atoms with E-state index in [0.717, 1.165) is 5.56 Å². The zero-order valence-electron chi connectivity index (χ0n) is 16.9. The second-order valence-corrected chi connectivity index (χ2v) is 7.41. The van der Waals surface area contributed by atoms with Crippen LogP contribution in [0.4, 0.5) is 5.69 Å². The maximum absolute atomic E-state index is 12.8. The van der Waals surface area contributed by atoms with Gasteiger partial charge in [-0.2, -0.15) is 0 Å². The lowest BCUT2D eigenvalue weighted by atomic mass is 10.0. The van der Waals surface area contributed by atoms with Crippen molar-refractivity contribution in [2.75, 3.05) is 5.32 Å². The molecule has 0 saturated carbocycles. The molecule has 3 amide bonds. The summed E-state index contributed by atoms with van der Waals surface area (Å²) in [4.78, 5) is 36.5. The van der Waals surface area contributed by atoms with E-state index in [2.05, 4.69) is 16.0 Å². The van der Waals surface area contributed by atoms with Gasteiger partial charge in [-0.15, -0.1) is 0 Å². The van der Waals surface area contributed by atoms with E-state index in [1.54, 1.807) is 12.1 Å². The van der Waals surface area contributed by atoms with Crippen LogP contribution < -0.4 is 16.0 Å². The molecule has 0 spiro atoms. The van der Waals surface area contributed by atoms with Crippen LogP contribution in [-0.2, 0) is 20.8 Å². The summed E-state index contributed by atoms with van der Waals surface area (Å²) in [6.07, 6.45) is 2.11. The number of aryl methyl sites for hydroxylation is 1. The van der Waals surface area contributed by atoms with Gasteiger partial charge < -0.3 is 16.0 Å². The highest BCUT2D eigenvalue weighted by Gasteiger charge is 2.26. The van der Waals surface area contributed by atoms with Crippen molar-refractivity contribution in [1.29, 1.82) is 0 Å². The molecular weight excluding hydrogens is 366 g/mol. The predicted octanol–water partition coefficient (Wildman–Crippen LogP) is 2.90. The van der Waals surface area contributed by atoms with Crippen molar-refractivity contribution < 1.29 is 14.4 Å². The molecule has 2 atom stereocenters. The Morgan fingerprint density at radius 3 is 2.10 bits per heavy atom. The van der Waals surface area contributed by atoms with Gasteiger partial charge in [-0.25, -0.2) is 0 Å². The largest absolute Gasteiger partial charge is 0.347 e. The summed E-state index contributed by atoms with van der Waals surface area (Å²) in [5.74, 6) is -0.420. The van der Waals surface area contributed by atoms with Gasteiger partial charge in [-0.1, -0.05) is 62.4 Å². The number of anilines is 1. The van der Waals surface area contributed by atoms with E-state index >= 15 is 0 Å². The number of rotatable bonds is 11. The molecule has 0 heterocycles. The monoisotopic (exact) mass is 395 g/mol. The Labute approximate surface area is 172 Å². The van der Waals surface area contributed by atoms with Crippen LogP contribution in [-0.4, -0.2) is 30.3 Å². The second-order valence-electron chi connectivity index (χ2n) is 7.41. The van der Waals surface area contributed by atoms with Crippen LogP contribution in [0.2, 0.25) is 0 Å². The summed E-state index contributed by atoms with van der Waals surface area (Å²) >= 11 is 0. The van der Waals surface area contributed by atoms with Gasteiger partial charge in [0.25, 0.3) is 0 Å². The Bertz CT molecular complexity index is 778. The van der Waals surface area contributed by atoms with Crippen molar-refractivity contribution in [2.45, 2.75) is 45.2 Å². The molecule has 2 aromatic carbocycles. The second kappa shape index (κ2) is 11.6. The minimum Gasteiger partial charge on any atom is -0.347 e. The summed E-state index contributed by atoms with van der Waals surface area (Å²) < 4.78 is 0. The highest BCUT2D eigenvalue weighted by molar-refractivity contribution is 5.98. The van der Waals surface area contributed by atoms with Gasteiger partial charge >= 0.3 is 0 Å². The highest BCUT2D eigenvalue weighted by atomic mass is 16.2. The Morgan fingerprint density at radius 1 is 0.897 bits per heavy atom. The number of para-hydroxylation sites is 1. The first-order valence-corrected chi connectivity index (χ1v) is 9.89. The standard InChI is InChI=1S/C23H29N3O3/c1-17(2)15-21(23(29)25-19-11-7-4-8-12-19)26-22(28)20(24-16-27)14-13-18-9-5-3-6-10-18/h3-12,16-17,20-21H,13-15H2,1-2H3,(H,24,27)(H,25,29)(H,26,28)/t20-,21?/m0/s1. The number of hydrogen-bond acceptors (Lipinski definition) is 3. The first-order valence-electron chi connectivity index (χ1n) is 9.89. The van der Waals surface area contributed by atoms with Crippen LogP contribution >= 0.6 is 0 Å². The van der Waals surface area contributed by atoms with Gasteiger partial charge in [-0.3, -0.25) is 14.4 Å². The third-order valence-corrected chi connectivity index (χ3v) is 4.53. The molecule has 3 N–H and O–H groups in total. The van der Waals surface area contributed by atoms with E-state index in [1.807, 2.05) is 62.4 Å². The van der Waals surface area contributed by atoms with Gasteiger partial charge in [0, 0.05) is 5.69 Å². The molecule has 2 rings (SSSR count). The van der Waals surface area contributed by atoms with Crippen molar-refractivity contribution in [3.8, 4) is 0 Å². The minimum absolute atomic E-state index is 0.212. The molecular formula is C23H29N3O3. The fraction of sp³-hybridized carbons (Fsp3) is 0.348. The zero-order chi connectivity index (χ0) is 21.1. The van der Waals surface area contributed by atoms with Crippen LogP contribution in [0.5, 0.6) is 0 Å². The van der Waals surface area contributed by atoms with E-state index in [1.165, 1.54) is 0 Å². The lowest BCUT2D eigenvalue weighted by molar-refractivity contribution is -0.129. The maximum atomic E-state index is 12.8. The molecule has 1 unspecified atom stereocenters. The zero-order valence-corrected chi connectivity index (χ0v) is 16.9. The van der Waals surface area contributed by atoms with Crippen LogP contribution in [0.25, 0.3) is 0 Å². The lowest BCUT2D eigenvalue weighted by Gasteiger charge is -2.23. The smallest absolute Gasteiger partial charge is 0.246 e. The molecule has 0 aliphatic carbocycles. The summed E-state index contributed by atoms with van der Waals surface area (Å²) in [6.45, 7) is 3.98. The summed E-state index contributed by atoms with van der Waals surface area (Å²) in [5, 5.41) is 8.23. The van der Waals surface area contributed by atoms with Gasteiger partial charge in [0.15, 0.2) is 0 Å². The lowest BCUT2D eigenvalue weighted by Crippen LogP contribution is -2.51. The molecule has 29 heavy (non-hydrogen) atoms. The highest BCUT2D eigenvalue weighted by Crippen LogP contribution is 2.11. The number of benzene rings is 2. The first-order chi connectivity index (χ1) is 14.0. The number of nitrogens with one attached hydrogen (secondary N) is 3. The number of carbonyl (C=O) groups excluding carboxylic acids is 3. The average molecular weight is 396 g/mol. The number of hydrogen-bond donors (Lipinski definition) is 3. The van der Waals surface area contributed by atoms with Crippen LogP contribution in [0.15, 0.2) is 60.7 Å². The van der Waals surface area contributed by atoms with Crippen LogP contribution in [0.1, 0.15) is 32.3 Å². The number of amides is 3. The molecule has 0 aliphatic rings. The first kappa shape index (κ1) is 22.1. The molecule has 0 radical (unpaired) electrons. The quantitative estimate of drug-likeness (QED) is 0.511. The Morgan fingerprint density at radius 2 is 1.52 bits per heavy atom. The minimum atomic E-state index is -0.702. The van der Waals surface area contributed by atoms with E-state index in [0.29, 0.717) is 31.4 Å². The number of carbonyl (C=O) groups is 3. The van der Waals surface area contributed by atoms with Crippen LogP contribution in [0.3, 0.4) is 0 Å². The molecule has 0 saturated heterocycles. The Hall–Kier alpha value is -3.15.